The molecule has 31 heavy (non-hydrogen) atoms. The van der Waals surface area contributed by atoms with E-state index in [0.29, 0.717) is 5.02 Å². The number of aromatic nitrogens is 4. The van der Waals surface area contributed by atoms with Crippen molar-refractivity contribution in [3.63, 3.8) is 0 Å². The van der Waals surface area contributed by atoms with Crippen molar-refractivity contribution in [1.29, 1.82) is 0 Å². The van der Waals surface area contributed by atoms with Crippen LogP contribution in [0.15, 0.2) is 79.5 Å². The maximum Gasteiger partial charge on any atom is 0.161 e. The summed E-state index contributed by atoms with van der Waals surface area (Å²) in [5.74, 6) is 0.745. The van der Waals surface area contributed by atoms with Crippen LogP contribution in [0, 0.1) is 6.92 Å². The van der Waals surface area contributed by atoms with Gasteiger partial charge in [-0.2, -0.15) is 0 Å². The Morgan fingerprint density at radius 1 is 1.03 bits per heavy atom. The number of anilines is 2. The first kappa shape index (κ1) is 19.2. The monoisotopic (exact) mass is 429 g/mol. The van der Waals surface area contributed by atoms with E-state index in [9.17, 15) is 0 Å². The number of methoxy groups -OCH3 is 1. The number of nitrogens with zero attached hydrogens (tertiary/aromatic N) is 4. The molecule has 6 nitrogen and oxygen atoms in total. The molecule has 5 aromatic rings. The SMILES string of the molecule is COc1cc(Nc2cccn3cc(-c4ccccc4Cl)nc23)ccc1-n1cnc(C)c1. The number of aryl methyl sites for hydroxylation is 1. The topological polar surface area (TPSA) is 56.4 Å². The van der Waals surface area contributed by atoms with Gasteiger partial charge in [0.15, 0.2) is 5.65 Å². The van der Waals surface area contributed by atoms with Crippen LogP contribution in [0.4, 0.5) is 11.4 Å². The highest BCUT2D eigenvalue weighted by molar-refractivity contribution is 6.33. The molecule has 7 heteroatoms. The van der Waals surface area contributed by atoms with Crippen LogP contribution in [0.5, 0.6) is 5.75 Å². The molecule has 0 aliphatic heterocycles. The van der Waals surface area contributed by atoms with Gasteiger partial charge in [0.1, 0.15) is 5.75 Å². The van der Waals surface area contributed by atoms with Crippen LogP contribution in [0.1, 0.15) is 5.69 Å². The molecule has 0 spiro atoms. The molecule has 0 radical (unpaired) electrons. The van der Waals surface area contributed by atoms with Crippen LogP contribution >= 0.6 is 11.6 Å². The third-order valence-electron chi connectivity index (χ3n) is 5.08. The van der Waals surface area contributed by atoms with E-state index >= 15 is 0 Å². The first-order chi connectivity index (χ1) is 15.1. The molecule has 0 saturated heterocycles. The van der Waals surface area contributed by atoms with Gasteiger partial charge in [-0.1, -0.05) is 29.8 Å². The highest BCUT2D eigenvalue weighted by Crippen LogP contribution is 2.32. The van der Waals surface area contributed by atoms with Gasteiger partial charge in [0, 0.05) is 35.9 Å². The van der Waals surface area contributed by atoms with Crippen molar-refractivity contribution in [1.82, 2.24) is 18.9 Å². The van der Waals surface area contributed by atoms with Gasteiger partial charge in [0.2, 0.25) is 0 Å². The maximum absolute atomic E-state index is 6.37. The lowest BCUT2D eigenvalue weighted by atomic mass is 10.2. The van der Waals surface area contributed by atoms with E-state index in [1.807, 2.05) is 89.1 Å². The summed E-state index contributed by atoms with van der Waals surface area (Å²) in [7, 11) is 1.66. The normalized spacial score (nSPS) is 11.1. The van der Waals surface area contributed by atoms with Crippen LogP contribution < -0.4 is 10.1 Å². The Labute approximate surface area is 184 Å². The molecular weight excluding hydrogens is 410 g/mol. The van der Waals surface area contributed by atoms with Crippen molar-refractivity contribution in [3.05, 3.63) is 90.2 Å². The number of halogens is 1. The predicted octanol–water partition coefficient (Wildman–Crippen LogP) is 5.90. The molecule has 1 N–H and O–H groups in total. The van der Waals surface area contributed by atoms with E-state index in [2.05, 4.69) is 10.3 Å². The molecule has 0 atom stereocenters. The van der Waals surface area contributed by atoms with Crippen molar-refractivity contribution in [2.75, 3.05) is 12.4 Å². The van der Waals surface area contributed by atoms with E-state index < -0.39 is 0 Å². The van der Waals surface area contributed by atoms with Crippen LogP contribution in [0.2, 0.25) is 5.02 Å². The summed E-state index contributed by atoms with van der Waals surface area (Å²) >= 11 is 6.37. The average Bonchev–Trinajstić information content (AvgIpc) is 3.41. The minimum Gasteiger partial charge on any atom is -0.494 e. The van der Waals surface area contributed by atoms with Crippen LogP contribution in [0.25, 0.3) is 22.6 Å². The first-order valence-corrected chi connectivity index (χ1v) is 10.2. The summed E-state index contributed by atoms with van der Waals surface area (Å²) in [5.41, 5.74) is 6.19. The fourth-order valence-corrected chi connectivity index (χ4v) is 3.82. The minimum atomic E-state index is 0.676. The van der Waals surface area contributed by atoms with E-state index in [0.717, 1.165) is 45.4 Å². The number of pyridine rings is 1. The molecule has 3 aromatic heterocycles. The predicted molar refractivity (Wildman–Crippen MR) is 124 cm³/mol. The Balaban J connectivity index is 1.51. The molecule has 0 aliphatic carbocycles. The zero-order valence-corrected chi connectivity index (χ0v) is 17.8. The Morgan fingerprint density at radius 3 is 2.68 bits per heavy atom. The number of rotatable bonds is 5. The maximum atomic E-state index is 6.37. The number of hydrogen-bond donors (Lipinski definition) is 1. The van der Waals surface area contributed by atoms with E-state index in [1.54, 1.807) is 13.4 Å². The molecule has 0 bridgehead atoms. The number of fused-ring (bicyclic) bond motifs is 1. The van der Waals surface area contributed by atoms with Gasteiger partial charge in [-0.25, -0.2) is 9.97 Å². The molecule has 0 aliphatic rings. The van der Waals surface area contributed by atoms with Crippen LogP contribution in [0.3, 0.4) is 0 Å². The van der Waals surface area contributed by atoms with Crippen molar-refractivity contribution < 1.29 is 4.74 Å². The Kier molecular flexibility index (Phi) is 4.84. The third kappa shape index (κ3) is 3.62. The molecule has 5 rings (SSSR count). The largest absolute Gasteiger partial charge is 0.494 e. The molecule has 3 heterocycles. The Morgan fingerprint density at radius 2 is 1.90 bits per heavy atom. The highest BCUT2D eigenvalue weighted by atomic mass is 35.5. The van der Waals surface area contributed by atoms with E-state index in [4.69, 9.17) is 21.3 Å². The van der Waals surface area contributed by atoms with Crippen molar-refractivity contribution in [2.24, 2.45) is 0 Å². The summed E-state index contributed by atoms with van der Waals surface area (Å²) in [5, 5.41) is 4.14. The zero-order valence-electron chi connectivity index (χ0n) is 17.1. The molecule has 2 aromatic carbocycles. The molecule has 0 amide bonds. The molecule has 0 unspecified atom stereocenters. The summed E-state index contributed by atoms with van der Waals surface area (Å²) in [6, 6.07) is 17.7. The second-order valence-electron chi connectivity index (χ2n) is 7.19. The average molecular weight is 430 g/mol. The number of ether oxygens (including phenoxy) is 1. The summed E-state index contributed by atoms with van der Waals surface area (Å²) < 4.78 is 9.56. The molecular formula is C24H20ClN5O. The standard InChI is InChI=1S/C24H20ClN5O/c1-16-13-30(15-26-16)22-10-9-17(12-23(22)31-2)27-20-8-5-11-29-14-21(28-24(20)29)18-6-3-4-7-19(18)25/h3-15,27H,1-2H3. The van der Waals surface area contributed by atoms with Gasteiger partial charge < -0.3 is 19.0 Å². The van der Waals surface area contributed by atoms with E-state index in [1.165, 1.54) is 0 Å². The van der Waals surface area contributed by atoms with Gasteiger partial charge in [0.25, 0.3) is 0 Å². The quantitative estimate of drug-likeness (QED) is 0.378. The van der Waals surface area contributed by atoms with Gasteiger partial charge in [-0.3, -0.25) is 0 Å². The van der Waals surface area contributed by atoms with Gasteiger partial charge in [0.05, 0.1) is 41.2 Å². The number of nitrogens with one attached hydrogen (secondary N) is 1. The smallest absolute Gasteiger partial charge is 0.161 e. The third-order valence-corrected chi connectivity index (χ3v) is 5.41. The second-order valence-corrected chi connectivity index (χ2v) is 7.60. The van der Waals surface area contributed by atoms with Crippen molar-refractivity contribution in [2.45, 2.75) is 6.92 Å². The Bertz CT molecular complexity index is 1390. The lowest BCUT2D eigenvalue weighted by Gasteiger charge is -2.13. The van der Waals surface area contributed by atoms with Crippen molar-refractivity contribution >= 4 is 28.6 Å². The fourth-order valence-electron chi connectivity index (χ4n) is 3.59. The number of benzene rings is 2. The molecule has 0 fully saturated rings. The highest BCUT2D eigenvalue weighted by Gasteiger charge is 2.12. The zero-order chi connectivity index (χ0) is 21.4. The molecule has 0 saturated carbocycles. The summed E-state index contributed by atoms with van der Waals surface area (Å²) in [6.45, 7) is 1.96. The van der Waals surface area contributed by atoms with Crippen LogP contribution in [-0.2, 0) is 0 Å². The second kappa shape index (κ2) is 7.81. The Hall–Kier alpha value is -3.77. The summed E-state index contributed by atoms with van der Waals surface area (Å²) in [4.78, 5) is 9.12. The number of imidazole rings is 2. The lowest BCUT2D eigenvalue weighted by Crippen LogP contribution is -1.99. The van der Waals surface area contributed by atoms with Crippen molar-refractivity contribution in [3.8, 4) is 22.7 Å². The van der Waals surface area contributed by atoms with Crippen LogP contribution in [-0.4, -0.2) is 26.0 Å². The van der Waals surface area contributed by atoms with E-state index in [-0.39, 0.29) is 0 Å². The van der Waals surface area contributed by atoms with Gasteiger partial charge >= 0.3 is 0 Å². The first-order valence-electron chi connectivity index (χ1n) is 9.81. The summed E-state index contributed by atoms with van der Waals surface area (Å²) in [6.07, 6.45) is 7.69. The number of hydrogen-bond acceptors (Lipinski definition) is 4. The lowest BCUT2D eigenvalue weighted by molar-refractivity contribution is 0.413. The molecule has 154 valence electrons. The van der Waals surface area contributed by atoms with Gasteiger partial charge in [-0.15, -0.1) is 0 Å². The minimum absolute atomic E-state index is 0.676. The van der Waals surface area contributed by atoms with Gasteiger partial charge in [-0.05, 0) is 37.3 Å². The fraction of sp³-hybridized carbons (Fsp3) is 0.0833.